The highest BCUT2D eigenvalue weighted by molar-refractivity contribution is 9.10. The monoisotopic (exact) mass is 334 g/mol. The van der Waals surface area contributed by atoms with Crippen molar-refractivity contribution in [3.05, 3.63) is 58.3 Å². The van der Waals surface area contributed by atoms with Gasteiger partial charge in [-0.3, -0.25) is 4.98 Å². The Morgan fingerprint density at radius 2 is 1.89 bits per heavy atom. The van der Waals surface area contributed by atoms with E-state index >= 15 is 0 Å². The maximum atomic E-state index is 12.8. The number of benzene rings is 1. The predicted octanol–water partition coefficient (Wildman–Crippen LogP) is 4.77. The lowest BCUT2D eigenvalue weighted by atomic mass is 10.2. The first-order chi connectivity index (χ1) is 9.24. The van der Waals surface area contributed by atoms with Crippen LogP contribution in [0.3, 0.4) is 0 Å². The van der Waals surface area contributed by atoms with Crippen LogP contribution in [0.4, 0.5) is 4.39 Å². The summed E-state index contributed by atoms with van der Waals surface area (Å²) in [6, 6.07) is 10.9. The molecule has 0 saturated carbocycles. The number of rotatable bonds is 2. The Labute approximate surface area is 122 Å². The van der Waals surface area contributed by atoms with Crippen LogP contribution in [0.2, 0.25) is 0 Å². The van der Waals surface area contributed by atoms with Crippen molar-refractivity contribution in [1.82, 2.24) is 9.97 Å². The molecular weight excluding hydrogens is 327 g/mol. The largest absolute Gasteiger partial charge is 0.252 e. The molecule has 2 heterocycles. The number of hydrogen-bond acceptors (Lipinski definition) is 3. The third-order valence-corrected chi connectivity index (χ3v) is 4.17. The molecule has 19 heavy (non-hydrogen) atoms. The van der Waals surface area contributed by atoms with E-state index in [2.05, 4.69) is 25.9 Å². The predicted molar refractivity (Wildman–Crippen MR) is 78.4 cm³/mol. The van der Waals surface area contributed by atoms with Crippen LogP contribution >= 0.6 is 27.3 Å². The van der Waals surface area contributed by atoms with Crippen molar-refractivity contribution in [3.8, 4) is 22.0 Å². The minimum atomic E-state index is -0.343. The molecule has 0 aliphatic rings. The second-order valence-corrected chi connectivity index (χ2v) is 5.59. The van der Waals surface area contributed by atoms with Crippen molar-refractivity contribution in [2.45, 2.75) is 0 Å². The average molecular weight is 335 g/mol. The summed E-state index contributed by atoms with van der Waals surface area (Å²) < 4.78 is 13.8. The minimum Gasteiger partial charge on any atom is -0.252 e. The van der Waals surface area contributed by atoms with Gasteiger partial charge < -0.3 is 0 Å². The molecule has 2 nitrogen and oxygen atoms in total. The lowest BCUT2D eigenvalue weighted by molar-refractivity contribution is 0.622. The topological polar surface area (TPSA) is 25.8 Å². The van der Waals surface area contributed by atoms with Gasteiger partial charge in [-0.05, 0) is 18.2 Å². The van der Waals surface area contributed by atoms with Crippen LogP contribution in [-0.4, -0.2) is 9.97 Å². The van der Waals surface area contributed by atoms with Crippen molar-refractivity contribution >= 4 is 27.3 Å². The molecule has 0 amide bonds. The van der Waals surface area contributed by atoms with Gasteiger partial charge in [-0.15, -0.1) is 11.3 Å². The van der Waals surface area contributed by atoms with Gasteiger partial charge in [-0.2, -0.15) is 0 Å². The van der Waals surface area contributed by atoms with Gasteiger partial charge in [-0.1, -0.05) is 34.1 Å². The van der Waals surface area contributed by atoms with Gasteiger partial charge in [0, 0.05) is 15.4 Å². The normalized spacial score (nSPS) is 10.6. The molecule has 0 radical (unpaired) electrons. The van der Waals surface area contributed by atoms with Crippen molar-refractivity contribution < 1.29 is 4.39 Å². The van der Waals surface area contributed by atoms with Crippen LogP contribution < -0.4 is 0 Å². The van der Waals surface area contributed by atoms with Gasteiger partial charge in [0.2, 0.25) is 0 Å². The summed E-state index contributed by atoms with van der Waals surface area (Å²) in [5.41, 5.74) is 2.48. The van der Waals surface area contributed by atoms with Gasteiger partial charge in [0.1, 0.15) is 16.5 Å². The Morgan fingerprint density at radius 1 is 1.05 bits per heavy atom. The van der Waals surface area contributed by atoms with E-state index in [9.17, 15) is 4.39 Å². The molecule has 94 valence electrons. The van der Waals surface area contributed by atoms with Gasteiger partial charge >= 0.3 is 0 Å². The van der Waals surface area contributed by atoms with Gasteiger partial charge in [-0.25, -0.2) is 9.37 Å². The Bertz CT molecular complexity index is 709. The van der Waals surface area contributed by atoms with Crippen LogP contribution in [0.15, 0.2) is 52.4 Å². The fraction of sp³-hybridized carbons (Fsp3) is 0. The highest BCUT2D eigenvalue weighted by Crippen LogP contribution is 2.32. The van der Waals surface area contributed by atoms with Gasteiger partial charge in [0.25, 0.3) is 0 Å². The number of nitrogens with zero attached hydrogens (tertiary/aromatic N) is 2. The Balaban J connectivity index is 2.00. The molecule has 0 saturated heterocycles. The zero-order valence-electron chi connectivity index (χ0n) is 9.68. The van der Waals surface area contributed by atoms with Crippen LogP contribution in [0, 0.1) is 5.82 Å². The van der Waals surface area contributed by atoms with Crippen molar-refractivity contribution in [2.24, 2.45) is 0 Å². The molecule has 0 fully saturated rings. The quantitative estimate of drug-likeness (QED) is 0.674. The highest BCUT2D eigenvalue weighted by Gasteiger charge is 2.09. The summed E-state index contributed by atoms with van der Waals surface area (Å²) in [7, 11) is 0. The molecule has 0 atom stereocenters. The molecule has 0 N–H and O–H groups in total. The van der Waals surface area contributed by atoms with Crippen LogP contribution in [-0.2, 0) is 0 Å². The van der Waals surface area contributed by atoms with E-state index < -0.39 is 0 Å². The molecule has 3 rings (SSSR count). The molecule has 2 aromatic heterocycles. The van der Waals surface area contributed by atoms with Crippen molar-refractivity contribution in [3.63, 3.8) is 0 Å². The zero-order valence-corrected chi connectivity index (χ0v) is 12.1. The number of halogens is 2. The second kappa shape index (κ2) is 5.19. The molecule has 3 aromatic rings. The van der Waals surface area contributed by atoms with Gasteiger partial charge in [0.05, 0.1) is 11.9 Å². The average Bonchev–Trinajstić information content (AvgIpc) is 2.89. The Hall–Kier alpha value is -1.59. The second-order valence-electron chi connectivity index (χ2n) is 3.88. The van der Waals surface area contributed by atoms with E-state index in [4.69, 9.17) is 0 Å². The van der Waals surface area contributed by atoms with Crippen molar-refractivity contribution in [1.29, 1.82) is 0 Å². The number of pyridine rings is 1. The zero-order chi connectivity index (χ0) is 13.2. The lowest BCUT2D eigenvalue weighted by Crippen LogP contribution is -1.85. The highest BCUT2D eigenvalue weighted by atomic mass is 79.9. The number of thiazole rings is 1. The maximum absolute atomic E-state index is 12.8. The van der Waals surface area contributed by atoms with Gasteiger partial charge in [0.15, 0.2) is 0 Å². The first-order valence-corrected chi connectivity index (χ1v) is 7.23. The molecule has 1 aromatic carbocycles. The van der Waals surface area contributed by atoms with E-state index in [0.717, 1.165) is 20.7 Å². The number of hydrogen-bond donors (Lipinski definition) is 0. The number of aromatic nitrogens is 2. The van der Waals surface area contributed by atoms with E-state index in [1.807, 2.05) is 29.6 Å². The first kappa shape index (κ1) is 12.4. The maximum Gasteiger partial charge on any atom is 0.141 e. The smallest absolute Gasteiger partial charge is 0.141 e. The third-order valence-electron chi connectivity index (χ3n) is 2.60. The summed E-state index contributed by atoms with van der Waals surface area (Å²) in [5.74, 6) is -0.343. The fourth-order valence-corrected chi connectivity index (χ4v) is 3.13. The SMILES string of the molecule is Fc1ccc(-c2csc(-c3ccccc3Br)n2)nc1. The summed E-state index contributed by atoms with van der Waals surface area (Å²) in [4.78, 5) is 8.58. The molecule has 5 heteroatoms. The molecule has 0 spiro atoms. The summed E-state index contributed by atoms with van der Waals surface area (Å²) in [5, 5.41) is 2.84. The molecule has 0 bridgehead atoms. The lowest BCUT2D eigenvalue weighted by Gasteiger charge is -1.99. The minimum absolute atomic E-state index is 0.343. The summed E-state index contributed by atoms with van der Waals surface area (Å²) in [6.07, 6.45) is 1.20. The Kier molecular flexibility index (Phi) is 3.40. The summed E-state index contributed by atoms with van der Waals surface area (Å²) >= 11 is 5.05. The van der Waals surface area contributed by atoms with E-state index in [0.29, 0.717) is 5.69 Å². The fourth-order valence-electron chi connectivity index (χ4n) is 1.68. The van der Waals surface area contributed by atoms with Crippen LogP contribution in [0.5, 0.6) is 0 Å². The van der Waals surface area contributed by atoms with Crippen LogP contribution in [0.1, 0.15) is 0 Å². The van der Waals surface area contributed by atoms with Crippen LogP contribution in [0.25, 0.3) is 22.0 Å². The van der Waals surface area contributed by atoms with E-state index in [1.165, 1.54) is 12.3 Å². The third kappa shape index (κ3) is 2.57. The molecule has 0 unspecified atom stereocenters. The molecular formula is C14H8BrFN2S. The molecule has 0 aliphatic carbocycles. The van der Waals surface area contributed by atoms with E-state index in [1.54, 1.807) is 17.4 Å². The first-order valence-electron chi connectivity index (χ1n) is 5.56. The summed E-state index contributed by atoms with van der Waals surface area (Å²) in [6.45, 7) is 0. The van der Waals surface area contributed by atoms with E-state index in [-0.39, 0.29) is 5.82 Å². The van der Waals surface area contributed by atoms with Crippen molar-refractivity contribution in [2.75, 3.05) is 0 Å². The Morgan fingerprint density at radius 3 is 2.63 bits per heavy atom. The molecule has 0 aliphatic heterocycles. The standard InChI is InChI=1S/C14H8BrFN2S/c15-11-4-2-1-3-10(11)14-18-13(8-19-14)12-6-5-9(16)7-17-12/h1-8H.